The molecule has 0 saturated heterocycles. The molecule has 0 amide bonds. The summed E-state index contributed by atoms with van der Waals surface area (Å²) in [5.41, 5.74) is -0.534. The highest BCUT2D eigenvalue weighted by atomic mass is 35.5. The first-order valence-corrected chi connectivity index (χ1v) is 5.93. The molecule has 18 heavy (non-hydrogen) atoms. The minimum Gasteiger partial charge on any atom is -0.312 e. The second-order valence-corrected chi connectivity index (χ2v) is 4.59. The highest BCUT2D eigenvalue weighted by molar-refractivity contribution is 7.99. The van der Waals surface area contributed by atoms with Gasteiger partial charge in [-0.3, -0.25) is 14.9 Å². The van der Waals surface area contributed by atoms with Crippen LogP contribution in [0.4, 0.5) is 5.69 Å². The molecule has 0 fully saturated rings. The van der Waals surface area contributed by atoms with Gasteiger partial charge in [0.25, 0.3) is 11.2 Å². The molecular weight excluding hydrogens is 278 g/mol. The lowest BCUT2D eigenvalue weighted by Gasteiger charge is -2.02. The van der Waals surface area contributed by atoms with Gasteiger partial charge >= 0.3 is 0 Å². The SMILES string of the molecule is O=c1[nH]cnc(Sc2ccccc2[N+](=O)[O-])c1Cl. The maximum atomic E-state index is 11.3. The number of hydrogen-bond donors (Lipinski definition) is 1. The average Bonchev–Trinajstić information content (AvgIpc) is 2.35. The molecule has 2 aromatic rings. The smallest absolute Gasteiger partial charge is 0.283 e. The van der Waals surface area contributed by atoms with E-state index in [1.165, 1.54) is 12.4 Å². The van der Waals surface area contributed by atoms with Crippen molar-refractivity contribution in [1.29, 1.82) is 0 Å². The summed E-state index contributed by atoms with van der Waals surface area (Å²) in [6, 6.07) is 6.18. The number of nitrogens with zero attached hydrogens (tertiary/aromatic N) is 2. The Bertz CT molecular complexity index is 659. The second-order valence-electron chi connectivity index (χ2n) is 3.18. The molecular formula is C10H6ClN3O3S. The Morgan fingerprint density at radius 2 is 2.11 bits per heavy atom. The van der Waals surface area contributed by atoms with Gasteiger partial charge in [0.15, 0.2) is 0 Å². The molecule has 0 atom stereocenters. The van der Waals surface area contributed by atoms with Gasteiger partial charge in [-0.2, -0.15) is 0 Å². The Kier molecular flexibility index (Phi) is 3.63. The number of aromatic nitrogens is 2. The van der Waals surface area contributed by atoms with Gasteiger partial charge in [0.05, 0.1) is 16.1 Å². The van der Waals surface area contributed by atoms with Crippen molar-refractivity contribution in [3.8, 4) is 0 Å². The number of hydrogen-bond acceptors (Lipinski definition) is 5. The van der Waals surface area contributed by atoms with Crippen molar-refractivity contribution in [2.45, 2.75) is 9.92 Å². The summed E-state index contributed by atoms with van der Waals surface area (Å²) < 4.78 is 0. The first kappa shape index (κ1) is 12.6. The molecule has 1 N–H and O–H groups in total. The highest BCUT2D eigenvalue weighted by Gasteiger charge is 2.16. The van der Waals surface area contributed by atoms with Crippen LogP contribution in [0.3, 0.4) is 0 Å². The highest BCUT2D eigenvalue weighted by Crippen LogP contribution is 2.35. The standard InChI is InChI=1S/C10H6ClN3O3S/c11-8-9(15)12-5-13-10(8)18-7-4-2-1-3-6(7)14(16)17/h1-5H,(H,12,13,15). The van der Waals surface area contributed by atoms with Gasteiger partial charge in [-0.15, -0.1) is 0 Å². The number of benzene rings is 1. The first-order chi connectivity index (χ1) is 8.59. The van der Waals surface area contributed by atoms with Crippen LogP contribution in [-0.4, -0.2) is 14.9 Å². The zero-order valence-corrected chi connectivity index (χ0v) is 10.4. The zero-order valence-electron chi connectivity index (χ0n) is 8.79. The van der Waals surface area contributed by atoms with E-state index in [-0.39, 0.29) is 15.7 Å². The van der Waals surface area contributed by atoms with Crippen LogP contribution in [0.25, 0.3) is 0 Å². The molecule has 0 saturated carbocycles. The molecule has 92 valence electrons. The second kappa shape index (κ2) is 5.19. The van der Waals surface area contributed by atoms with Gasteiger partial charge in [0, 0.05) is 6.07 Å². The Morgan fingerprint density at radius 3 is 2.83 bits per heavy atom. The van der Waals surface area contributed by atoms with Crippen molar-refractivity contribution in [3.05, 3.63) is 56.1 Å². The van der Waals surface area contributed by atoms with Gasteiger partial charge in [-0.25, -0.2) is 4.98 Å². The number of para-hydroxylation sites is 1. The van der Waals surface area contributed by atoms with Gasteiger partial charge in [-0.05, 0) is 6.07 Å². The van der Waals surface area contributed by atoms with E-state index in [0.717, 1.165) is 11.8 Å². The summed E-state index contributed by atoms with van der Waals surface area (Å²) in [5.74, 6) is 0. The Hall–Kier alpha value is -1.86. The fourth-order valence-corrected chi connectivity index (χ4v) is 2.35. The molecule has 0 radical (unpaired) electrons. The van der Waals surface area contributed by atoms with Crippen LogP contribution >= 0.6 is 23.4 Å². The van der Waals surface area contributed by atoms with E-state index in [9.17, 15) is 14.9 Å². The van der Waals surface area contributed by atoms with Crippen LogP contribution in [0.1, 0.15) is 0 Å². The molecule has 6 nitrogen and oxygen atoms in total. The Balaban J connectivity index is 2.43. The van der Waals surface area contributed by atoms with E-state index in [4.69, 9.17) is 11.6 Å². The zero-order chi connectivity index (χ0) is 13.1. The van der Waals surface area contributed by atoms with E-state index in [0.29, 0.717) is 4.90 Å². The molecule has 8 heteroatoms. The third-order valence-corrected chi connectivity index (χ3v) is 3.56. The van der Waals surface area contributed by atoms with Crippen LogP contribution in [0.5, 0.6) is 0 Å². The van der Waals surface area contributed by atoms with Crippen molar-refractivity contribution in [2.75, 3.05) is 0 Å². The number of H-pyrrole nitrogens is 1. The maximum Gasteiger partial charge on any atom is 0.283 e. The number of nitro groups is 1. The van der Waals surface area contributed by atoms with Crippen LogP contribution in [-0.2, 0) is 0 Å². The van der Waals surface area contributed by atoms with Gasteiger partial charge in [0.1, 0.15) is 10.0 Å². The molecule has 1 aromatic heterocycles. The van der Waals surface area contributed by atoms with Crippen molar-refractivity contribution in [1.82, 2.24) is 9.97 Å². The van der Waals surface area contributed by atoms with Crippen molar-refractivity contribution in [2.24, 2.45) is 0 Å². The molecule has 1 aromatic carbocycles. The fourth-order valence-electron chi connectivity index (χ4n) is 1.24. The Morgan fingerprint density at radius 1 is 1.39 bits per heavy atom. The fraction of sp³-hybridized carbons (Fsp3) is 0. The summed E-state index contributed by atoms with van der Waals surface area (Å²) in [4.78, 5) is 28.2. The maximum absolute atomic E-state index is 11.3. The number of nitrogens with one attached hydrogen (secondary N) is 1. The topological polar surface area (TPSA) is 88.9 Å². The van der Waals surface area contributed by atoms with Gasteiger partial charge < -0.3 is 4.98 Å². The summed E-state index contributed by atoms with van der Waals surface area (Å²) in [5, 5.41) is 11.0. The molecule has 0 spiro atoms. The molecule has 2 rings (SSSR count). The van der Waals surface area contributed by atoms with Gasteiger partial charge in [-0.1, -0.05) is 35.5 Å². The number of halogens is 1. The molecule has 0 unspecified atom stereocenters. The van der Waals surface area contributed by atoms with E-state index in [1.54, 1.807) is 18.2 Å². The number of rotatable bonds is 3. The normalized spacial score (nSPS) is 10.3. The van der Waals surface area contributed by atoms with Crippen LogP contribution in [0.2, 0.25) is 5.02 Å². The molecule has 1 heterocycles. The number of nitro benzene ring substituents is 1. The summed E-state index contributed by atoms with van der Waals surface area (Å²) in [7, 11) is 0. The van der Waals surface area contributed by atoms with Gasteiger partial charge in [0.2, 0.25) is 0 Å². The van der Waals surface area contributed by atoms with E-state index < -0.39 is 10.5 Å². The van der Waals surface area contributed by atoms with Crippen LogP contribution in [0.15, 0.2) is 45.3 Å². The van der Waals surface area contributed by atoms with Crippen LogP contribution in [0, 0.1) is 10.1 Å². The molecule has 0 aliphatic carbocycles. The molecule has 0 aliphatic rings. The lowest BCUT2D eigenvalue weighted by molar-refractivity contribution is -0.387. The lowest BCUT2D eigenvalue weighted by atomic mass is 10.3. The molecule has 0 aliphatic heterocycles. The summed E-state index contributed by atoms with van der Waals surface area (Å²) in [6.45, 7) is 0. The van der Waals surface area contributed by atoms with E-state index in [2.05, 4.69) is 9.97 Å². The van der Waals surface area contributed by atoms with Crippen LogP contribution < -0.4 is 5.56 Å². The minimum absolute atomic E-state index is 0.0550. The predicted molar refractivity (Wildman–Crippen MR) is 67.1 cm³/mol. The van der Waals surface area contributed by atoms with Crippen molar-refractivity contribution in [3.63, 3.8) is 0 Å². The first-order valence-electron chi connectivity index (χ1n) is 4.74. The quantitative estimate of drug-likeness (QED) is 0.531. The van der Waals surface area contributed by atoms with E-state index >= 15 is 0 Å². The number of aromatic amines is 1. The van der Waals surface area contributed by atoms with Crippen molar-refractivity contribution < 1.29 is 4.92 Å². The monoisotopic (exact) mass is 283 g/mol. The summed E-state index contributed by atoms with van der Waals surface area (Å²) in [6.07, 6.45) is 1.20. The molecule has 0 bridgehead atoms. The Labute approximate surface area is 110 Å². The third kappa shape index (κ3) is 2.52. The lowest BCUT2D eigenvalue weighted by Crippen LogP contribution is -2.07. The minimum atomic E-state index is -0.497. The summed E-state index contributed by atoms with van der Waals surface area (Å²) >= 11 is 6.76. The third-order valence-electron chi connectivity index (χ3n) is 2.03. The largest absolute Gasteiger partial charge is 0.312 e. The van der Waals surface area contributed by atoms with Crippen molar-refractivity contribution >= 4 is 29.1 Å². The average molecular weight is 284 g/mol. The van der Waals surface area contributed by atoms with E-state index in [1.807, 2.05) is 0 Å². The predicted octanol–water partition coefficient (Wildman–Crippen LogP) is 2.48.